The lowest BCUT2D eigenvalue weighted by Crippen LogP contribution is -2.27. The van der Waals surface area contributed by atoms with Crippen molar-refractivity contribution in [1.29, 1.82) is 0 Å². The molecule has 2 N–H and O–H groups in total. The van der Waals surface area contributed by atoms with E-state index in [2.05, 4.69) is 51.9 Å². The fraction of sp³-hybridized carbons (Fsp3) is 0.526. The predicted molar refractivity (Wildman–Crippen MR) is 98.6 cm³/mol. The first-order chi connectivity index (χ1) is 12.2. The zero-order chi connectivity index (χ0) is 17.6. The van der Waals surface area contributed by atoms with E-state index in [0.717, 1.165) is 44.6 Å². The number of carbonyl (C=O) groups is 1. The molecular weight excluding hydrogens is 314 g/mol. The molecular formula is C19H27N5O. The number of rotatable bonds is 6. The molecule has 1 aliphatic rings. The Kier molecular flexibility index (Phi) is 5.81. The van der Waals surface area contributed by atoms with Gasteiger partial charge in [-0.3, -0.25) is 10.1 Å². The standard InChI is InChI=1S/C19H27N5O/c1-3-14-4-6-15(7-5-14)8-9-17(25)21-19-22-18(23-24(19)2)16-10-12-20-13-11-16/h4-7,16,20H,3,8-13H2,1-2H3,(H,21,22,23,25). The maximum absolute atomic E-state index is 12.2. The average molecular weight is 341 g/mol. The summed E-state index contributed by atoms with van der Waals surface area (Å²) in [6.45, 7) is 4.14. The van der Waals surface area contributed by atoms with Crippen LogP contribution in [0.5, 0.6) is 0 Å². The number of aryl methyl sites for hydroxylation is 3. The van der Waals surface area contributed by atoms with Crippen molar-refractivity contribution < 1.29 is 4.79 Å². The summed E-state index contributed by atoms with van der Waals surface area (Å²) in [5.74, 6) is 1.75. The number of hydrogen-bond donors (Lipinski definition) is 2. The topological polar surface area (TPSA) is 71.8 Å². The zero-order valence-electron chi connectivity index (χ0n) is 15.1. The molecule has 0 unspecified atom stereocenters. The highest BCUT2D eigenvalue weighted by molar-refractivity contribution is 5.89. The Bertz CT molecular complexity index is 701. The minimum Gasteiger partial charge on any atom is -0.317 e. The molecule has 2 aromatic rings. The summed E-state index contributed by atoms with van der Waals surface area (Å²) >= 11 is 0. The third-order valence-corrected chi connectivity index (χ3v) is 4.81. The van der Waals surface area contributed by atoms with Crippen molar-refractivity contribution in [3.63, 3.8) is 0 Å². The van der Waals surface area contributed by atoms with Crippen molar-refractivity contribution in [2.75, 3.05) is 18.4 Å². The van der Waals surface area contributed by atoms with Gasteiger partial charge in [0.1, 0.15) is 0 Å². The number of hydrogen-bond acceptors (Lipinski definition) is 4. The van der Waals surface area contributed by atoms with Gasteiger partial charge in [-0.15, -0.1) is 0 Å². The lowest BCUT2D eigenvalue weighted by atomic mass is 9.98. The minimum absolute atomic E-state index is 0.0214. The van der Waals surface area contributed by atoms with Gasteiger partial charge in [0.05, 0.1) is 0 Å². The number of benzene rings is 1. The van der Waals surface area contributed by atoms with Gasteiger partial charge in [0.2, 0.25) is 11.9 Å². The highest BCUT2D eigenvalue weighted by atomic mass is 16.1. The number of nitrogens with one attached hydrogen (secondary N) is 2. The van der Waals surface area contributed by atoms with Crippen LogP contribution in [0.3, 0.4) is 0 Å². The van der Waals surface area contributed by atoms with E-state index in [9.17, 15) is 4.79 Å². The Morgan fingerprint density at radius 1 is 1.24 bits per heavy atom. The average Bonchev–Trinajstić information content (AvgIpc) is 3.01. The van der Waals surface area contributed by atoms with Crippen LogP contribution in [0.2, 0.25) is 0 Å². The molecule has 0 atom stereocenters. The molecule has 0 bridgehead atoms. The third-order valence-electron chi connectivity index (χ3n) is 4.81. The van der Waals surface area contributed by atoms with Crippen LogP contribution in [0.15, 0.2) is 24.3 Å². The second-order valence-electron chi connectivity index (χ2n) is 6.66. The van der Waals surface area contributed by atoms with Gasteiger partial charge in [0.25, 0.3) is 0 Å². The quantitative estimate of drug-likeness (QED) is 0.846. The second-order valence-corrected chi connectivity index (χ2v) is 6.66. The van der Waals surface area contributed by atoms with Gasteiger partial charge in [-0.1, -0.05) is 31.2 Å². The molecule has 1 amide bonds. The largest absolute Gasteiger partial charge is 0.317 e. The van der Waals surface area contributed by atoms with Crippen LogP contribution >= 0.6 is 0 Å². The third kappa shape index (κ3) is 4.66. The van der Waals surface area contributed by atoms with Crippen LogP contribution in [-0.4, -0.2) is 33.8 Å². The van der Waals surface area contributed by atoms with E-state index in [0.29, 0.717) is 18.3 Å². The summed E-state index contributed by atoms with van der Waals surface area (Å²) in [6.07, 6.45) is 4.30. The number of piperidine rings is 1. The predicted octanol–water partition coefficient (Wildman–Crippen LogP) is 2.42. The molecule has 25 heavy (non-hydrogen) atoms. The summed E-state index contributed by atoms with van der Waals surface area (Å²) in [5, 5.41) is 10.7. The van der Waals surface area contributed by atoms with Crippen LogP contribution in [-0.2, 0) is 24.7 Å². The van der Waals surface area contributed by atoms with E-state index in [1.54, 1.807) is 4.68 Å². The van der Waals surface area contributed by atoms with Crippen LogP contribution in [0.4, 0.5) is 5.95 Å². The molecule has 0 saturated carbocycles. The van der Waals surface area contributed by atoms with Gasteiger partial charge < -0.3 is 5.32 Å². The van der Waals surface area contributed by atoms with Crippen molar-refractivity contribution in [3.05, 3.63) is 41.2 Å². The van der Waals surface area contributed by atoms with Gasteiger partial charge in [0.15, 0.2) is 5.82 Å². The van der Waals surface area contributed by atoms with E-state index in [-0.39, 0.29) is 5.91 Å². The molecule has 134 valence electrons. The normalized spacial score (nSPS) is 15.3. The molecule has 1 aromatic heterocycles. The Morgan fingerprint density at radius 2 is 1.92 bits per heavy atom. The Labute approximate surface area is 149 Å². The monoisotopic (exact) mass is 341 g/mol. The Balaban J connectivity index is 1.54. The maximum atomic E-state index is 12.2. The zero-order valence-corrected chi connectivity index (χ0v) is 15.1. The van der Waals surface area contributed by atoms with Crippen molar-refractivity contribution in [2.24, 2.45) is 7.05 Å². The lowest BCUT2D eigenvalue weighted by Gasteiger charge is -2.19. The van der Waals surface area contributed by atoms with E-state index in [4.69, 9.17) is 0 Å². The second kappa shape index (κ2) is 8.25. The Hall–Kier alpha value is -2.21. The molecule has 1 aromatic carbocycles. The molecule has 1 aliphatic heterocycles. The molecule has 6 nitrogen and oxygen atoms in total. The number of anilines is 1. The van der Waals surface area contributed by atoms with E-state index < -0.39 is 0 Å². The highest BCUT2D eigenvalue weighted by Crippen LogP contribution is 2.23. The van der Waals surface area contributed by atoms with Crippen LogP contribution in [0.25, 0.3) is 0 Å². The van der Waals surface area contributed by atoms with Gasteiger partial charge in [-0.05, 0) is 49.9 Å². The molecule has 3 rings (SSSR count). The highest BCUT2D eigenvalue weighted by Gasteiger charge is 2.21. The Morgan fingerprint density at radius 3 is 2.60 bits per heavy atom. The van der Waals surface area contributed by atoms with Gasteiger partial charge in [0, 0.05) is 19.4 Å². The molecule has 6 heteroatoms. The van der Waals surface area contributed by atoms with Gasteiger partial charge in [-0.25, -0.2) is 4.68 Å². The first-order valence-electron chi connectivity index (χ1n) is 9.15. The number of aromatic nitrogens is 3. The summed E-state index contributed by atoms with van der Waals surface area (Å²) in [6, 6.07) is 8.45. The fourth-order valence-electron chi connectivity index (χ4n) is 3.15. The maximum Gasteiger partial charge on any atom is 0.227 e. The first-order valence-corrected chi connectivity index (χ1v) is 9.15. The van der Waals surface area contributed by atoms with Crippen molar-refractivity contribution in [2.45, 2.75) is 44.9 Å². The molecule has 1 saturated heterocycles. The van der Waals surface area contributed by atoms with Crippen LogP contribution < -0.4 is 10.6 Å². The van der Waals surface area contributed by atoms with Gasteiger partial charge >= 0.3 is 0 Å². The smallest absolute Gasteiger partial charge is 0.227 e. The van der Waals surface area contributed by atoms with Crippen LogP contribution in [0, 0.1) is 0 Å². The number of carbonyl (C=O) groups excluding carboxylic acids is 1. The summed E-state index contributed by atoms with van der Waals surface area (Å²) in [5.41, 5.74) is 2.50. The van der Waals surface area contributed by atoms with Crippen molar-refractivity contribution >= 4 is 11.9 Å². The van der Waals surface area contributed by atoms with Gasteiger partial charge in [-0.2, -0.15) is 10.1 Å². The molecule has 0 spiro atoms. The summed E-state index contributed by atoms with van der Waals surface area (Å²) < 4.78 is 1.67. The summed E-state index contributed by atoms with van der Waals surface area (Å²) in [4.78, 5) is 16.8. The molecule has 2 heterocycles. The number of nitrogens with zero attached hydrogens (tertiary/aromatic N) is 3. The minimum atomic E-state index is -0.0214. The van der Waals surface area contributed by atoms with E-state index >= 15 is 0 Å². The van der Waals surface area contributed by atoms with Crippen LogP contribution in [0.1, 0.15) is 49.1 Å². The summed E-state index contributed by atoms with van der Waals surface area (Å²) in [7, 11) is 1.83. The fourth-order valence-corrected chi connectivity index (χ4v) is 3.15. The molecule has 0 radical (unpaired) electrons. The lowest BCUT2D eigenvalue weighted by molar-refractivity contribution is -0.116. The van der Waals surface area contributed by atoms with E-state index in [1.807, 2.05) is 7.05 Å². The SMILES string of the molecule is CCc1ccc(CCC(=O)Nc2nc(C3CCNCC3)nn2C)cc1. The first kappa shape index (κ1) is 17.6. The van der Waals surface area contributed by atoms with Crippen molar-refractivity contribution in [1.82, 2.24) is 20.1 Å². The molecule has 1 fully saturated rings. The van der Waals surface area contributed by atoms with E-state index in [1.165, 1.54) is 11.1 Å². The molecule has 0 aliphatic carbocycles. The number of amides is 1. The van der Waals surface area contributed by atoms with Crippen molar-refractivity contribution in [3.8, 4) is 0 Å².